The van der Waals surface area contributed by atoms with E-state index in [1.165, 1.54) is 27.7 Å². The standard InChI is InChI=1S/C19H21F3N6O3/c1-25-10-23-6-13(25)14(29)8-28-15(19(20,21)22)2-3-26-17(30)5-16(24-18(26)28)27-7-12-4-11(27)9-31-12/h5-6,10-12,15H,2-4,7-9H2,1H3/t11-,12+,15-/m0/s1. The molecule has 0 spiro atoms. The van der Waals surface area contributed by atoms with E-state index in [-0.39, 0.29) is 36.8 Å². The molecule has 166 valence electrons. The summed E-state index contributed by atoms with van der Waals surface area (Å²) < 4.78 is 49.8. The zero-order valence-electron chi connectivity index (χ0n) is 16.7. The Kier molecular flexibility index (Phi) is 4.57. The molecular formula is C19H21F3N6O3. The van der Waals surface area contributed by atoms with E-state index in [0.29, 0.717) is 19.0 Å². The predicted octanol–water partition coefficient (Wildman–Crippen LogP) is 0.978. The fraction of sp³-hybridized carbons (Fsp3) is 0.579. The number of anilines is 2. The fourth-order valence-electron chi connectivity index (χ4n) is 4.67. The molecule has 2 aromatic heterocycles. The molecule has 2 aromatic rings. The molecule has 0 aliphatic carbocycles. The molecule has 0 aromatic carbocycles. The summed E-state index contributed by atoms with van der Waals surface area (Å²) in [5.41, 5.74) is -0.243. The Morgan fingerprint density at radius 1 is 1.35 bits per heavy atom. The molecule has 9 nitrogen and oxygen atoms in total. The maximum atomic E-state index is 13.9. The van der Waals surface area contributed by atoms with Crippen molar-refractivity contribution in [3.05, 3.63) is 34.6 Å². The van der Waals surface area contributed by atoms with Crippen molar-refractivity contribution in [2.45, 2.75) is 43.8 Å². The van der Waals surface area contributed by atoms with Crippen LogP contribution < -0.4 is 15.4 Å². The second kappa shape index (κ2) is 7.08. The van der Waals surface area contributed by atoms with Gasteiger partial charge in [-0.15, -0.1) is 0 Å². The molecule has 0 radical (unpaired) electrons. The summed E-state index contributed by atoms with van der Waals surface area (Å²) in [6.45, 7) is 0.363. The van der Waals surface area contributed by atoms with Gasteiger partial charge in [-0.3, -0.25) is 14.2 Å². The summed E-state index contributed by atoms with van der Waals surface area (Å²) in [5, 5.41) is 0. The number of rotatable bonds is 4. The van der Waals surface area contributed by atoms with Crippen molar-refractivity contribution >= 4 is 17.5 Å². The lowest BCUT2D eigenvalue weighted by atomic mass is 10.1. The summed E-state index contributed by atoms with van der Waals surface area (Å²) in [4.78, 5) is 36.7. The Hall–Kier alpha value is -2.89. The summed E-state index contributed by atoms with van der Waals surface area (Å²) >= 11 is 0. The Balaban J connectivity index is 1.55. The van der Waals surface area contributed by atoms with Crippen molar-refractivity contribution in [1.82, 2.24) is 19.1 Å². The van der Waals surface area contributed by atoms with Gasteiger partial charge in [-0.2, -0.15) is 18.2 Å². The number of ketones is 1. The molecule has 2 fully saturated rings. The molecule has 31 heavy (non-hydrogen) atoms. The highest BCUT2D eigenvalue weighted by Gasteiger charge is 2.48. The maximum Gasteiger partial charge on any atom is 0.408 e. The van der Waals surface area contributed by atoms with E-state index in [2.05, 4.69) is 9.97 Å². The van der Waals surface area contributed by atoms with Crippen molar-refractivity contribution in [3.8, 4) is 0 Å². The molecule has 3 atom stereocenters. The highest BCUT2D eigenvalue weighted by Crippen LogP contribution is 2.36. The first kappa shape index (κ1) is 20.0. The molecule has 3 aliphatic rings. The van der Waals surface area contributed by atoms with Gasteiger partial charge in [0.1, 0.15) is 17.6 Å². The molecule has 2 saturated heterocycles. The van der Waals surface area contributed by atoms with Crippen molar-refractivity contribution in [3.63, 3.8) is 0 Å². The summed E-state index contributed by atoms with van der Waals surface area (Å²) in [6.07, 6.45) is -1.36. The fourth-order valence-corrected chi connectivity index (χ4v) is 4.67. The average molecular weight is 438 g/mol. The molecule has 12 heteroatoms. The number of nitrogens with zero attached hydrogens (tertiary/aromatic N) is 6. The highest BCUT2D eigenvalue weighted by molar-refractivity contribution is 5.97. The van der Waals surface area contributed by atoms with Gasteiger partial charge in [-0.05, 0) is 12.8 Å². The number of hydrogen-bond acceptors (Lipinski definition) is 7. The third-order valence-electron chi connectivity index (χ3n) is 6.22. The van der Waals surface area contributed by atoms with Crippen LogP contribution in [0.1, 0.15) is 23.3 Å². The van der Waals surface area contributed by atoms with Crippen LogP contribution in [-0.4, -0.2) is 68.9 Å². The van der Waals surface area contributed by atoms with Crippen molar-refractivity contribution in [2.24, 2.45) is 7.05 Å². The van der Waals surface area contributed by atoms with Gasteiger partial charge in [0, 0.05) is 26.2 Å². The molecule has 0 N–H and O–H groups in total. The quantitative estimate of drug-likeness (QED) is 0.658. The lowest BCUT2D eigenvalue weighted by Gasteiger charge is -2.39. The normalized spacial score (nSPS) is 25.2. The van der Waals surface area contributed by atoms with Gasteiger partial charge in [0.15, 0.2) is 5.78 Å². The minimum Gasteiger partial charge on any atom is -0.374 e. The van der Waals surface area contributed by atoms with Crippen LogP contribution in [0.2, 0.25) is 0 Å². The zero-order chi connectivity index (χ0) is 21.9. The third kappa shape index (κ3) is 3.38. The summed E-state index contributed by atoms with van der Waals surface area (Å²) in [7, 11) is 1.59. The van der Waals surface area contributed by atoms with Crippen LogP contribution >= 0.6 is 0 Å². The molecule has 2 bridgehead atoms. The number of alkyl halides is 3. The number of ether oxygens (including phenoxy) is 1. The first-order valence-electron chi connectivity index (χ1n) is 10.1. The van der Waals surface area contributed by atoms with Crippen molar-refractivity contribution in [1.29, 1.82) is 0 Å². The second-order valence-electron chi connectivity index (χ2n) is 8.19. The van der Waals surface area contributed by atoms with Crippen LogP contribution in [0.15, 0.2) is 23.4 Å². The topological polar surface area (TPSA) is 85.5 Å². The van der Waals surface area contributed by atoms with E-state index in [4.69, 9.17) is 4.74 Å². The lowest BCUT2D eigenvalue weighted by Crippen LogP contribution is -2.54. The highest BCUT2D eigenvalue weighted by atomic mass is 19.4. The minimum absolute atomic E-state index is 0.0380. The van der Waals surface area contributed by atoms with Gasteiger partial charge in [0.05, 0.1) is 37.8 Å². The minimum atomic E-state index is -4.58. The number of carbonyl (C=O) groups excluding carboxylic acids is 1. The molecular weight excluding hydrogens is 417 g/mol. The van der Waals surface area contributed by atoms with Crippen LogP contribution in [0.25, 0.3) is 0 Å². The summed E-state index contributed by atoms with van der Waals surface area (Å²) in [5.74, 6) is -0.334. The number of carbonyl (C=O) groups is 1. The first-order valence-corrected chi connectivity index (χ1v) is 10.1. The van der Waals surface area contributed by atoms with Gasteiger partial charge < -0.3 is 19.1 Å². The number of imidazole rings is 1. The van der Waals surface area contributed by atoms with E-state index < -0.39 is 30.1 Å². The van der Waals surface area contributed by atoms with Crippen LogP contribution in [-0.2, 0) is 18.3 Å². The van der Waals surface area contributed by atoms with E-state index >= 15 is 0 Å². The summed E-state index contributed by atoms with van der Waals surface area (Å²) in [6, 6.07) is -0.504. The molecule has 3 aliphatic heterocycles. The monoisotopic (exact) mass is 438 g/mol. The van der Waals surface area contributed by atoms with Crippen LogP contribution in [0.3, 0.4) is 0 Å². The number of hydrogen-bond donors (Lipinski definition) is 0. The van der Waals surface area contributed by atoms with E-state index in [9.17, 15) is 22.8 Å². The molecule has 0 saturated carbocycles. The smallest absolute Gasteiger partial charge is 0.374 e. The van der Waals surface area contributed by atoms with Crippen molar-refractivity contribution < 1.29 is 22.7 Å². The molecule has 5 heterocycles. The van der Waals surface area contributed by atoms with E-state index in [1.54, 1.807) is 7.05 Å². The van der Waals surface area contributed by atoms with Crippen molar-refractivity contribution in [2.75, 3.05) is 29.5 Å². The largest absolute Gasteiger partial charge is 0.408 e. The van der Waals surface area contributed by atoms with Gasteiger partial charge in [0.2, 0.25) is 5.95 Å². The Morgan fingerprint density at radius 3 is 2.77 bits per heavy atom. The molecule has 5 rings (SSSR count). The first-order chi connectivity index (χ1) is 14.7. The van der Waals surface area contributed by atoms with Crippen LogP contribution in [0.4, 0.5) is 24.9 Å². The molecule has 0 unspecified atom stereocenters. The third-order valence-corrected chi connectivity index (χ3v) is 6.22. The van der Waals surface area contributed by atoms with Gasteiger partial charge in [-0.1, -0.05) is 0 Å². The average Bonchev–Trinajstić information content (AvgIpc) is 3.44. The lowest BCUT2D eigenvalue weighted by molar-refractivity contribution is -0.152. The zero-order valence-corrected chi connectivity index (χ0v) is 16.7. The second-order valence-corrected chi connectivity index (χ2v) is 8.19. The van der Waals surface area contributed by atoms with Gasteiger partial charge in [0.25, 0.3) is 5.56 Å². The maximum absolute atomic E-state index is 13.9. The SMILES string of the molecule is Cn1cncc1C(=O)CN1c2nc(N3C[C@H]4C[C@H]3CO4)cc(=O)n2CC[C@H]1C(F)(F)F. The number of aryl methyl sites for hydroxylation is 1. The van der Waals surface area contributed by atoms with E-state index in [0.717, 1.165) is 11.3 Å². The van der Waals surface area contributed by atoms with Gasteiger partial charge >= 0.3 is 6.18 Å². The number of Topliss-reactive ketones (excluding diaryl/α,β-unsaturated/α-hetero) is 1. The number of aromatic nitrogens is 4. The number of morpholine rings is 1. The van der Waals surface area contributed by atoms with Crippen LogP contribution in [0.5, 0.6) is 0 Å². The Morgan fingerprint density at radius 2 is 2.16 bits per heavy atom. The Bertz CT molecular complexity index is 1080. The number of halogens is 3. The van der Waals surface area contributed by atoms with Crippen LogP contribution in [0, 0.1) is 0 Å². The predicted molar refractivity (Wildman–Crippen MR) is 103 cm³/mol. The van der Waals surface area contributed by atoms with Gasteiger partial charge in [-0.25, -0.2) is 4.98 Å². The Labute approximate surface area is 175 Å². The van der Waals surface area contributed by atoms with E-state index in [1.807, 2.05) is 4.90 Å². The number of fused-ring (bicyclic) bond motifs is 3. The molecule has 0 amide bonds.